The van der Waals surface area contributed by atoms with Crippen molar-refractivity contribution in [2.45, 2.75) is 64.6 Å². The van der Waals surface area contributed by atoms with Crippen LogP contribution in [0.5, 0.6) is 0 Å². The Bertz CT molecular complexity index is 1020. The maximum Gasteiger partial charge on any atom is 0.325 e. The van der Waals surface area contributed by atoms with Gasteiger partial charge in [-0.1, -0.05) is 67.9 Å². The summed E-state index contributed by atoms with van der Waals surface area (Å²) in [5.74, 6) is -0.111. The average Bonchev–Trinajstić information content (AvgIpc) is 3.63. The summed E-state index contributed by atoms with van der Waals surface area (Å²) in [7, 11) is 0. The van der Waals surface area contributed by atoms with Gasteiger partial charge in [-0.15, -0.1) is 0 Å². The second-order valence-corrected chi connectivity index (χ2v) is 9.48. The molecule has 0 aromatic heterocycles. The van der Waals surface area contributed by atoms with Gasteiger partial charge < -0.3 is 10.2 Å². The highest BCUT2D eigenvalue weighted by Crippen LogP contribution is 2.36. The Hall–Kier alpha value is -3.15. The van der Waals surface area contributed by atoms with Crippen molar-refractivity contribution in [1.29, 1.82) is 0 Å². The van der Waals surface area contributed by atoms with Crippen LogP contribution >= 0.6 is 0 Å². The van der Waals surface area contributed by atoms with Crippen LogP contribution in [0, 0.1) is 5.92 Å². The summed E-state index contributed by atoms with van der Waals surface area (Å²) in [6.45, 7) is 6.11. The van der Waals surface area contributed by atoms with Crippen molar-refractivity contribution in [1.82, 2.24) is 15.1 Å². The van der Waals surface area contributed by atoms with Gasteiger partial charge in [0.2, 0.25) is 5.91 Å². The molecule has 2 aromatic rings. The molecule has 6 nitrogen and oxygen atoms in total. The number of nitrogens with zero attached hydrogens (tertiary/aromatic N) is 2. The molecule has 6 heteroatoms. The molecular weight excluding hydrogens is 414 g/mol. The van der Waals surface area contributed by atoms with Crippen molar-refractivity contribution in [3.8, 4) is 0 Å². The van der Waals surface area contributed by atoms with E-state index in [1.807, 2.05) is 59.5 Å². The molecule has 0 radical (unpaired) electrons. The minimum atomic E-state index is -1.17. The molecule has 1 N–H and O–H groups in total. The first-order chi connectivity index (χ1) is 15.8. The number of amides is 4. The highest BCUT2D eigenvalue weighted by Gasteiger charge is 2.50. The fourth-order valence-electron chi connectivity index (χ4n) is 4.63. The first-order valence-corrected chi connectivity index (χ1v) is 11.9. The number of aryl methyl sites for hydroxylation is 1. The zero-order valence-corrected chi connectivity index (χ0v) is 19.7. The predicted octanol–water partition coefficient (Wildman–Crippen LogP) is 4.23. The third-order valence-corrected chi connectivity index (χ3v) is 6.95. The van der Waals surface area contributed by atoms with E-state index in [4.69, 9.17) is 0 Å². The van der Waals surface area contributed by atoms with Crippen LogP contribution in [0.4, 0.5) is 4.79 Å². The molecule has 2 aromatic carbocycles. The Labute approximate surface area is 196 Å². The van der Waals surface area contributed by atoms with E-state index >= 15 is 0 Å². The summed E-state index contributed by atoms with van der Waals surface area (Å²) in [5.41, 5.74) is 1.78. The molecule has 174 valence electrons. The van der Waals surface area contributed by atoms with Gasteiger partial charge in [0.25, 0.3) is 5.91 Å². The van der Waals surface area contributed by atoms with Gasteiger partial charge in [-0.2, -0.15) is 0 Å². The number of carbonyl (C=O) groups excluding carboxylic acids is 3. The van der Waals surface area contributed by atoms with E-state index < -0.39 is 11.6 Å². The smallest absolute Gasteiger partial charge is 0.325 e. The number of carbonyl (C=O) groups is 3. The molecule has 1 saturated carbocycles. The van der Waals surface area contributed by atoms with Crippen molar-refractivity contribution in [2.24, 2.45) is 5.92 Å². The van der Waals surface area contributed by atoms with Gasteiger partial charge in [0.15, 0.2) is 0 Å². The third kappa shape index (κ3) is 4.80. The minimum absolute atomic E-state index is 0.0657. The summed E-state index contributed by atoms with van der Waals surface area (Å²) in [4.78, 5) is 42.4. The minimum Gasteiger partial charge on any atom is -0.334 e. The highest BCUT2D eigenvalue weighted by molar-refractivity contribution is 6.09. The van der Waals surface area contributed by atoms with Crippen LogP contribution in [0.15, 0.2) is 54.6 Å². The SMILES string of the molecule is CCCc1ccc([C@@]2(C)NC(=O)N(CC(=O)N(Cc3ccccc3)[C@H](C)C3CC3)C2=O)cc1. The second-order valence-electron chi connectivity index (χ2n) is 9.48. The lowest BCUT2D eigenvalue weighted by Gasteiger charge is -2.31. The number of urea groups is 1. The van der Waals surface area contributed by atoms with Crippen LogP contribution in [-0.4, -0.2) is 40.2 Å². The lowest BCUT2D eigenvalue weighted by Crippen LogP contribution is -2.47. The van der Waals surface area contributed by atoms with E-state index in [1.165, 1.54) is 5.56 Å². The van der Waals surface area contributed by atoms with Crippen LogP contribution in [-0.2, 0) is 28.1 Å². The molecule has 1 aliphatic heterocycles. The molecule has 4 amide bonds. The van der Waals surface area contributed by atoms with E-state index in [0.717, 1.165) is 41.7 Å². The van der Waals surface area contributed by atoms with Crippen LogP contribution in [0.1, 0.15) is 56.7 Å². The second kappa shape index (κ2) is 9.38. The summed E-state index contributed by atoms with van der Waals surface area (Å²) in [5, 5.41) is 2.82. The molecule has 0 spiro atoms. The zero-order valence-electron chi connectivity index (χ0n) is 19.7. The first kappa shape index (κ1) is 23.0. The van der Waals surface area contributed by atoms with Crippen molar-refractivity contribution >= 4 is 17.8 Å². The molecule has 2 aliphatic rings. The van der Waals surface area contributed by atoms with E-state index in [-0.39, 0.29) is 24.4 Å². The van der Waals surface area contributed by atoms with Gasteiger partial charge in [0.05, 0.1) is 0 Å². The van der Waals surface area contributed by atoms with E-state index in [2.05, 4.69) is 19.2 Å². The molecular formula is C27H33N3O3. The monoisotopic (exact) mass is 447 g/mol. The van der Waals surface area contributed by atoms with Crippen molar-refractivity contribution in [3.05, 3.63) is 71.3 Å². The summed E-state index contributed by atoms with van der Waals surface area (Å²) < 4.78 is 0. The number of benzene rings is 2. The molecule has 2 fully saturated rings. The Morgan fingerprint density at radius 1 is 1.09 bits per heavy atom. The molecule has 2 atom stereocenters. The van der Waals surface area contributed by atoms with Gasteiger partial charge >= 0.3 is 6.03 Å². The molecule has 4 rings (SSSR count). The maximum atomic E-state index is 13.4. The van der Waals surface area contributed by atoms with Crippen LogP contribution in [0.3, 0.4) is 0 Å². The van der Waals surface area contributed by atoms with Crippen LogP contribution < -0.4 is 5.32 Å². The molecule has 1 heterocycles. The quantitative estimate of drug-likeness (QED) is 0.585. The van der Waals surface area contributed by atoms with Crippen LogP contribution in [0.25, 0.3) is 0 Å². The number of imide groups is 1. The number of rotatable bonds is 9. The van der Waals surface area contributed by atoms with Crippen LogP contribution in [0.2, 0.25) is 0 Å². The molecule has 0 bridgehead atoms. The summed E-state index contributed by atoms with van der Waals surface area (Å²) in [6, 6.07) is 17.2. The molecule has 1 saturated heterocycles. The third-order valence-electron chi connectivity index (χ3n) is 6.95. The fourth-order valence-corrected chi connectivity index (χ4v) is 4.63. The largest absolute Gasteiger partial charge is 0.334 e. The molecule has 1 aliphatic carbocycles. The van der Waals surface area contributed by atoms with E-state index in [9.17, 15) is 14.4 Å². The lowest BCUT2D eigenvalue weighted by atomic mass is 9.91. The topological polar surface area (TPSA) is 69.7 Å². The van der Waals surface area contributed by atoms with Crippen molar-refractivity contribution in [2.75, 3.05) is 6.54 Å². The predicted molar refractivity (Wildman–Crippen MR) is 127 cm³/mol. The van der Waals surface area contributed by atoms with Gasteiger partial charge in [0, 0.05) is 12.6 Å². The van der Waals surface area contributed by atoms with Crippen molar-refractivity contribution < 1.29 is 14.4 Å². The van der Waals surface area contributed by atoms with Gasteiger partial charge in [0.1, 0.15) is 12.1 Å². The Kier molecular flexibility index (Phi) is 6.54. The van der Waals surface area contributed by atoms with E-state index in [0.29, 0.717) is 12.5 Å². The standard InChI is InChI=1S/C27H33N3O3/c1-4-8-20-11-15-23(16-12-20)27(3)25(32)30(26(33)28-27)18-24(31)29(19(2)22-13-14-22)17-21-9-6-5-7-10-21/h5-7,9-12,15-16,19,22H,4,8,13-14,17-18H2,1-3H3,(H,28,33)/t19-,27-/m1/s1. The normalized spacial score (nSPS) is 21.1. The van der Waals surface area contributed by atoms with Gasteiger partial charge in [-0.25, -0.2) is 4.79 Å². The summed E-state index contributed by atoms with van der Waals surface area (Å²) in [6.07, 6.45) is 4.22. The zero-order chi connectivity index (χ0) is 23.6. The number of hydrogen-bond donors (Lipinski definition) is 1. The number of hydrogen-bond acceptors (Lipinski definition) is 3. The number of nitrogens with one attached hydrogen (secondary N) is 1. The Balaban J connectivity index is 1.51. The van der Waals surface area contributed by atoms with Gasteiger partial charge in [-0.05, 0) is 55.7 Å². The molecule has 0 unspecified atom stereocenters. The first-order valence-electron chi connectivity index (χ1n) is 11.9. The van der Waals surface area contributed by atoms with Gasteiger partial charge in [-0.3, -0.25) is 14.5 Å². The maximum absolute atomic E-state index is 13.4. The Morgan fingerprint density at radius 2 is 1.76 bits per heavy atom. The van der Waals surface area contributed by atoms with E-state index in [1.54, 1.807) is 6.92 Å². The molecule has 33 heavy (non-hydrogen) atoms. The highest BCUT2D eigenvalue weighted by atomic mass is 16.2. The average molecular weight is 448 g/mol. The van der Waals surface area contributed by atoms with Crippen molar-refractivity contribution in [3.63, 3.8) is 0 Å². The summed E-state index contributed by atoms with van der Waals surface area (Å²) >= 11 is 0. The Morgan fingerprint density at radius 3 is 2.36 bits per heavy atom. The lowest BCUT2D eigenvalue weighted by molar-refractivity contribution is -0.140. The fraction of sp³-hybridized carbons (Fsp3) is 0.444.